The summed E-state index contributed by atoms with van der Waals surface area (Å²) in [6.45, 7) is 0. The minimum Gasteiger partial charge on any atom is -0.441 e. The van der Waals surface area contributed by atoms with Crippen LogP contribution in [0.5, 0.6) is 0 Å². The van der Waals surface area contributed by atoms with Crippen molar-refractivity contribution in [2.24, 2.45) is 0 Å². The monoisotopic (exact) mass is 282 g/mol. The van der Waals surface area contributed by atoms with Gasteiger partial charge in [-0.3, -0.25) is 9.78 Å². The van der Waals surface area contributed by atoms with Gasteiger partial charge in [-0.1, -0.05) is 12.5 Å². The molecule has 1 N–H and O–H groups in total. The highest BCUT2D eigenvalue weighted by Gasteiger charge is 2.17. The Labute approximate surface area is 113 Å². The molecular formula is C13H15FN2O4. The largest absolute Gasteiger partial charge is 0.441 e. The van der Waals surface area contributed by atoms with Crippen molar-refractivity contribution in [3.63, 3.8) is 0 Å². The van der Waals surface area contributed by atoms with Crippen molar-refractivity contribution in [1.29, 1.82) is 0 Å². The second-order valence-electron chi connectivity index (χ2n) is 4.59. The molecule has 1 aliphatic carbocycles. The molecule has 1 aromatic rings. The van der Waals surface area contributed by atoms with Gasteiger partial charge in [-0.05, 0) is 31.8 Å². The zero-order valence-electron chi connectivity index (χ0n) is 10.8. The molecule has 1 unspecified atom stereocenters. The summed E-state index contributed by atoms with van der Waals surface area (Å²) >= 11 is 0. The highest BCUT2D eigenvalue weighted by molar-refractivity contribution is 5.70. The zero-order chi connectivity index (χ0) is 14.5. The van der Waals surface area contributed by atoms with Gasteiger partial charge in [0.05, 0.1) is 6.20 Å². The summed E-state index contributed by atoms with van der Waals surface area (Å²) in [4.78, 5) is 35.8. The second kappa shape index (κ2) is 6.31. The van der Waals surface area contributed by atoms with Gasteiger partial charge in [-0.2, -0.15) is 4.39 Å². The molecule has 108 valence electrons. The molecule has 1 aromatic heterocycles. The first-order chi connectivity index (χ1) is 9.58. The van der Waals surface area contributed by atoms with E-state index in [1.807, 2.05) is 6.08 Å². The summed E-state index contributed by atoms with van der Waals surface area (Å²) in [7, 11) is 0. The van der Waals surface area contributed by atoms with Crippen molar-refractivity contribution in [3.05, 3.63) is 45.0 Å². The third-order valence-electron chi connectivity index (χ3n) is 3.06. The molecule has 0 saturated carbocycles. The Hall–Kier alpha value is -2.18. The van der Waals surface area contributed by atoms with E-state index < -0.39 is 29.3 Å². The highest BCUT2D eigenvalue weighted by atomic mass is 19.1. The third kappa shape index (κ3) is 3.43. The van der Waals surface area contributed by atoms with Crippen molar-refractivity contribution in [2.45, 2.75) is 38.2 Å². The van der Waals surface area contributed by atoms with E-state index in [2.05, 4.69) is 0 Å². The van der Waals surface area contributed by atoms with Crippen LogP contribution in [0.3, 0.4) is 0 Å². The minimum absolute atomic E-state index is 0.420. The van der Waals surface area contributed by atoms with E-state index in [1.165, 1.54) is 0 Å². The van der Waals surface area contributed by atoms with Crippen LogP contribution in [-0.2, 0) is 4.74 Å². The van der Waals surface area contributed by atoms with Crippen LogP contribution in [0.1, 0.15) is 32.1 Å². The number of carbonyl (C=O) groups excluding carboxylic acids is 1. The van der Waals surface area contributed by atoms with Crippen LogP contribution >= 0.6 is 0 Å². The molecule has 0 radical (unpaired) electrons. The van der Waals surface area contributed by atoms with Gasteiger partial charge in [-0.25, -0.2) is 14.2 Å². The Morgan fingerprint density at radius 3 is 2.95 bits per heavy atom. The Morgan fingerprint density at radius 2 is 2.15 bits per heavy atom. The fraction of sp³-hybridized carbons (Fsp3) is 0.462. The van der Waals surface area contributed by atoms with Gasteiger partial charge >= 0.3 is 11.8 Å². The fourth-order valence-corrected chi connectivity index (χ4v) is 2.00. The summed E-state index contributed by atoms with van der Waals surface area (Å²) in [6, 6.07) is 0. The maximum Gasteiger partial charge on any atom is 0.422 e. The molecule has 0 aromatic carbocycles. The van der Waals surface area contributed by atoms with Crippen LogP contribution in [0.15, 0.2) is 27.9 Å². The lowest BCUT2D eigenvalue weighted by Gasteiger charge is -2.16. The summed E-state index contributed by atoms with van der Waals surface area (Å²) in [6.07, 6.45) is 7.42. The topological polar surface area (TPSA) is 81.2 Å². The predicted molar refractivity (Wildman–Crippen MR) is 69.2 cm³/mol. The lowest BCUT2D eigenvalue weighted by Crippen LogP contribution is -2.36. The predicted octanol–water partition coefficient (Wildman–Crippen LogP) is 1.55. The van der Waals surface area contributed by atoms with Crippen molar-refractivity contribution < 1.29 is 13.9 Å². The average Bonchev–Trinajstić information content (AvgIpc) is 2.36. The standard InChI is InChI=1S/C13H15FN2O4/c14-10-8-16(12(18)15-11(10)17)13(19)20-9-6-4-2-1-3-5-7-9/h4,6,8-9H,1-3,5,7H2,(H,15,17,18)/b6-4+. The van der Waals surface area contributed by atoms with E-state index in [1.54, 1.807) is 11.1 Å². The van der Waals surface area contributed by atoms with Gasteiger partial charge in [0.1, 0.15) is 6.10 Å². The van der Waals surface area contributed by atoms with E-state index in [4.69, 9.17) is 4.74 Å². The number of hydrogen-bond donors (Lipinski definition) is 1. The molecule has 7 heteroatoms. The number of carbonyl (C=O) groups is 1. The molecule has 2 rings (SSSR count). The van der Waals surface area contributed by atoms with Crippen LogP contribution in [0.25, 0.3) is 0 Å². The molecule has 0 bridgehead atoms. The Morgan fingerprint density at radius 1 is 1.35 bits per heavy atom. The first kappa shape index (κ1) is 14.2. The van der Waals surface area contributed by atoms with E-state index in [-0.39, 0.29) is 0 Å². The van der Waals surface area contributed by atoms with E-state index in [0.717, 1.165) is 25.7 Å². The van der Waals surface area contributed by atoms with Gasteiger partial charge < -0.3 is 4.74 Å². The molecule has 0 aliphatic heterocycles. The van der Waals surface area contributed by atoms with E-state index in [9.17, 15) is 18.8 Å². The molecule has 1 heterocycles. The molecule has 0 fully saturated rings. The molecular weight excluding hydrogens is 267 g/mol. The number of halogens is 1. The van der Waals surface area contributed by atoms with Crippen LogP contribution in [0.2, 0.25) is 0 Å². The van der Waals surface area contributed by atoms with Gasteiger partial charge in [-0.15, -0.1) is 0 Å². The van der Waals surface area contributed by atoms with Crippen LogP contribution in [-0.4, -0.2) is 21.7 Å². The number of aromatic amines is 1. The zero-order valence-corrected chi connectivity index (χ0v) is 10.8. The Balaban J connectivity index is 2.15. The molecule has 0 spiro atoms. The SMILES string of the molecule is O=C(OC1/C=C/CCCCC1)n1cc(F)c(=O)[nH]c1=O. The normalized spacial score (nSPS) is 20.8. The quantitative estimate of drug-likeness (QED) is 0.792. The van der Waals surface area contributed by atoms with Crippen molar-refractivity contribution in [2.75, 3.05) is 0 Å². The molecule has 1 aliphatic rings. The van der Waals surface area contributed by atoms with Crippen LogP contribution < -0.4 is 11.2 Å². The molecule has 0 amide bonds. The number of H-pyrrole nitrogens is 1. The molecule has 20 heavy (non-hydrogen) atoms. The van der Waals surface area contributed by atoms with Crippen molar-refractivity contribution in [3.8, 4) is 0 Å². The van der Waals surface area contributed by atoms with Gasteiger partial charge in [0.25, 0.3) is 5.56 Å². The minimum atomic E-state index is -1.21. The second-order valence-corrected chi connectivity index (χ2v) is 4.59. The third-order valence-corrected chi connectivity index (χ3v) is 3.06. The van der Waals surface area contributed by atoms with Gasteiger partial charge in [0.15, 0.2) is 0 Å². The summed E-state index contributed by atoms with van der Waals surface area (Å²) < 4.78 is 18.6. The number of ether oxygens (including phenoxy) is 1. The fourth-order valence-electron chi connectivity index (χ4n) is 2.00. The highest BCUT2D eigenvalue weighted by Crippen LogP contribution is 2.14. The van der Waals surface area contributed by atoms with Crippen molar-refractivity contribution in [1.82, 2.24) is 9.55 Å². The lowest BCUT2D eigenvalue weighted by atomic mass is 10.0. The summed E-state index contributed by atoms with van der Waals surface area (Å²) in [5.74, 6) is -1.21. The number of nitrogens with zero attached hydrogens (tertiary/aromatic N) is 1. The maximum absolute atomic E-state index is 13.1. The van der Waals surface area contributed by atoms with E-state index >= 15 is 0 Å². The van der Waals surface area contributed by atoms with E-state index in [0.29, 0.717) is 17.2 Å². The first-order valence-electron chi connectivity index (χ1n) is 6.47. The summed E-state index contributed by atoms with van der Waals surface area (Å²) in [5.41, 5.74) is -2.18. The summed E-state index contributed by atoms with van der Waals surface area (Å²) in [5, 5.41) is 0. The molecule has 1 atom stereocenters. The maximum atomic E-state index is 13.1. The number of rotatable bonds is 1. The average molecular weight is 282 g/mol. The Kier molecular flexibility index (Phi) is 4.49. The number of aromatic nitrogens is 2. The van der Waals surface area contributed by atoms with Crippen molar-refractivity contribution >= 4 is 6.09 Å². The van der Waals surface area contributed by atoms with Crippen LogP contribution in [0, 0.1) is 5.82 Å². The van der Waals surface area contributed by atoms with Crippen LogP contribution in [0.4, 0.5) is 9.18 Å². The molecule has 6 nitrogen and oxygen atoms in total. The number of hydrogen-bond acceptors (Lipinski definition) is 4. The number of allylic oxidation sites excluding steroid dienone is 1. The van der Waals surface area contributed by atoms with Gasteiger partial charge in [0.2, 0.25) is 5.82 Å². The van der Waals surface area contributed by atoms with Gasteiger partial charge in [0, 0.05) is 0 Å². The lowest BCUT2D eigenvalue weighted by molar-refractivity contribution is 0.113. The Bertz CT molecular complexity index is 632. The molecule has 0 saturated heterocycles. The smallest absolute Gasteiger partial charge is 0.422 e. The first-order valence-corrected chi connectivity index (χ1v) is 6.47. The number of nitrogens with one attached hydrogen (secondary N) is 1.